The SMILES string of the molecule is C=C/C=C(\C=C)C(=O)NCc1cccc(CNC(=O)c2ccccc2)c1.CC.CC.[HH].[HH]. The zero-order chi connectivity index (χ0) is 22.8. The van der Waals surface area contributed by atoms with Gasteiger partial charge in [-0.15, -0.1) is 0 Å². The summed E-state index contributed by atoms with van der Waals surface area (Å²) in [5.74, 6) is -0.322. The molecule has 2 amide bonds. The van der Waals surface area contributed by atoms with Crippen molar-refractivity contribution in [2.75, 3.05) is 0 Å². The van der Waals surface area contributed by atoms with E-state index in [1.54, 1.807) is 24.3 Å². The van der Waals surface area contributed by atoms with Crippen molar-refractivity contribution in [1.29, 1.82) is 0 Å². The van der Waals surface area contributed by atoms with Gasteiger partial charge in [-0.05, 0) is 23.3 Å². The van der Waals surface area contributed by atoms with Gasteiger partial charge < -0.3 is 10.6 Å². The van der Waals surface area contributed by atoms with Gasteiger partial charge in [0, 0.05) is 27.1 Å². The molecule has 4 nitrogen and oxygen atoms in total. The molecule has 0 radical (unpaired) electrons. The van der Waals surface area contributed by atoms with Crippen LogP contribution in [-0.2, 0) is 17.9 Å². The quantitative estimate of drug-likeness (QED) is 0.409. The first kappa shape index (κ1) is 26.6. The maximum atomic E-state index is 12.1. The third-order valence-electron chi connectivity index (χ3n) is 3.71. The molecule has 0 unspecified atom stereocenters. The minimum atomic E-state index is -0.206. The lowest BCUT2D eigenvalue weighted by atomic mass is 10.1. The molecule has 0 spiro atoms. The van der Waals surface area contributed by atoms with Crippen LogP contribution in [0, 0.1) is 0 Å². The van der Waals surface area contributed by atoms with Crippen LogP contribution >= 0.6 is 0 Å². The maximum absolute atomic E-state index is 12.1. The van der Waals surface area contributed by atoms with Crippen LogP contribution in [0.4, 0.5) is 0 Å². The van der Waals surface area contributed by atoms with Gasteiger partial charge >= 0.3 is 0 Å². The minimum absolute atomic E-state index is 0. The summed E-state index contributed by atoms with van der Waals surface area (Å²) in [6.07, 6.45) is 4.65. The van der Waals surface area contributed by atoms with E-state index in [1.807, 2.05) is 70.2 Å². The summed E-state index contributed by atoms with van der Waals surface area (Å²) in [4.78, 5) is 24.1. The van der Waals surface area contributed by atoms with Crippen LogP contribution in [0.1, 0.15) is 52.0 Å². The number of hydrogen-bond donors (Lipinski definition) is 2. The van der Waals surface area contributed by atoms with E-state index >= 15 is 0 Å². The molecule has 0 heterocycles. The van der Waals surface area contributed by atoms with Gasteiger partial charge in [-0.3, -0.25) is 9.59 Å². The summed E-state index contributed by atoms with van der Waals surface area (Å²) >= 11 is 0. The lowest BCUT2D eigenvalue weighted by molar-refractivity contribution is -0.117. The average Bonchev–Trinajstić information content (AvgIpc) is 2.82. The molecule has 0 fully saturated rings. The average molecular weight is 411 g/mol. The number of rotatable bonds is 8. The second kappa shape index (κ2) is 16.5. The largest absolute Gasteiger partial charge is 0.348 e. The fraction of sp³-hybridized carbons (Fsp3) is 0.231. The molecule has 4 heteroatoms. The highest BCUT2D eigenvalue weighted by Crippen LogP contribution is 2.07. The molecular formula is C26H38N2O2. The van der Waals surface area contributed by atoms with Gasteiger partial charge in [0.1, 0.15) is 0 Å². The Labute approximate surface area is 184 Å². The van der Waals surface area contributed by atoms with Crippen molar-refractivity contribution >= 4 is 11.8 Å². The molecule has 0 bridgehead atoms. The first-order chi connectivity index (χ1) is 14.6. The molecule has 2 aromatic rings. The summed E-state index contributed by atoms with van der Waals surface area (Å²) in [6, 6.07) is 16.8. The molecule has 0 aliphatic rings. The number of carbonyl (C=O) groups is 2. The Bertz CT molecular complexity index is 835. The molecule has 2 rings (SSSR count). The predicted molar refractivity (Wildman–Crippen MR) is 131 cm³/mol. The van der Waals surface area contributed by atoms with E-state index in [4.69, 9.17) is 0 Å². The molecule has 0 saturated carbocycles. The van der Waals surface area contributed by atoms with Crippen molar-refractivity contribution in [3.63, 3.8) is 0 Å². The molecule has 30 heavy (non-hydrogen) atoms. The number of hydrogen-bond acceptors (Lipinski definition) is 2. The van der Waals surface area contributed by atoms with Gasteiger partial charge in [-0.2, -0.15) is 0 Å². The van der Waals surface area contributed by atoms with Crippen LogP contribution in [-0.4, -0.2) is 11.8 Å². The van der Waals surface area contributed by atoms with E-state index in [-0.39, 0.29) is 14.7 Å². The van der Waals surface area contributed by atoms with Crippen LogP contribution in [0.2, 0.25) is 0 Å². The summed E-state index contributed by atoms with van der Waals surface area (Å²) in [6.45, 7) is 16.0. The second-order valence-electron chi connectivity index (χ2n) is 5.61. The number of nitrogens with one attached hydrogen (secondary N) is 2. The van der Waals surface area contributed by atoms with Crippen molar-refractivity contribution in [2.45, 2.75) is 40.8 Å². The standard InChI is InChI=1S/C22H22N2O2.2C2H6.2H2/c1-3-9-19(4-2)21(25)23-15-17-10-8-11-18(14-17)16-24-22(26)20-12-6-5-7-13-20;2*1-2;;/h3-14H,1-2,15-16H2,(H,23,25)(H,24,26);2*1-2H3;2*1H/b19-9+;;;;. The highest BCUT2D eigenvalue weighted by Gasteiger charge is 2.06. The first-order valence-corrected chi connectivity index (χ1v) is 10.3. The Hall–Kier alpha value is -3.40. The van der Waals surface area contributed by atoms with Gasteiger partial charge in [0.2, 0.25) is 0 Å². The molecular weight excluding hydrogens is 372 g/mol. The van der Waals surface area contributed by atoms with Crippen molar-refractivity contribution in [2.24, 2.45) is 0 Å². The van der Waals surface area contributed by atoms with Crippen LogP contribution < -0.4 is 10.6 Å². The van der Waals surface area contributed by atoms with Gasteiger partial charge in [-0.1, -0.05) is 102 Å². The Morgan fingerprint density at radius 1 is 0.867 bits per heavy atom. The van der Waals surface area contributed by atoms with Crippen LogP contribution in [0.15, 0.2) is 91.6 Å². The normalized spacial score (nSPS) is 9.67. The van der Waals surface area contributed by atoms with E-state index in [1.165, 1.54) is 6.08 Å². The fourth-order valence-electron chi connectivity index (χ4n) is 2.37. The number of allylic oxidation sites excluding steroid dienone is 2. The van der Waals surface area contributed by atoms with E-state index in [9.17, 15) is 9.59 Å². The molecule has 2 N–H and O–H groups in total. The van der Waals surface area contributed by atoms with Gasteiger partial charge in [0.15, 0.2) is 0 Å². The molecule has 0 aromatic heterocycles. The minimum Gasteiger partial charge on any atom is -0.348 e. The fourth-order valence-corrected chi connectivity index (χ4v) is 2.37. The zero-order valence-corrected chi connectivity index (χ0v) is 18.6. The van der Waals surface area contributed by atoms with Crippen molar-refractivity contribution in [3.05, 3.63) is 108 Å². The van der Waals surface area contributed by atoms with E-state index < -0.39 is 0 Å². The molecule has 0 aliphatic heterocycles. The van der Waals surface area contributed by atoms with Crippen LogP contribution in [0.3, 0.4) is 0 Å². The van der Waals surface area contributed by atoms with Crippen molar-refractivity contribution in [1.82, 2.24) is 10.6 Å². The van der Waals surface area contributed by atoms with Crippen molar-refractivity contribution < 1.29 is 12.4 Å². The lowest BCUT2D eigenvalue weighted by Crippen LogP contribution is -2.24. The highest BCUT2D eigenvalue weighted by molar-refractivity contribution is 5.96. The van der Waals surface area contributed by atoms with E-state index in [2.05, 4.69) is 23.8 Å². The summed E-state index contributed by atoms with van der Waals surface area (Å²) in [5.41, 5.74) is 3.01. The lowest BCUT2D eigenvalue weighted by Gasteiger charge is -2.09. The first-order valence-electron chi connectivity index (χ1n) is 10.3. The zero-order valence-electron chi connectivity index (χ0n) is 18.6. The summed E-state index contributed by atoms with van der Waals surface area (Å²) in [7, 11) is 0. The van der Waals surface area contributed by atoms with E-state index in [0.717, 1.165) is 11.1 Å². The summed E-state index contributed by atoms with van der Waals surface area (Å²) < 4.78 is 0. The summed E-state index contributed by atoms with van der Waals surface area (Å²) in [5, 5.41) is 5.73. The van der Waals surface area contributed by atoms with Gasteiger partial charge in [0.05, 0.1) is 0 Å². The number of benzene rings is 2. The Balaban J connectivity index is -0.00000132. The Morgan fingerprint density at radius 2 is 1.43 bits per heavy atom. The third-order valence-corrected chi connectivity index (χ3v) is 3.71. The van der Waals surface area contributed by atoms with Crippen molar-refractivity contribution in [3.8, 4) is 0 Å². The number of amides is 2. The number of carbonyl (C=O) groups excluding carboxylic acids is 2. The molecule has 164 valence electrons. The Morgan fingerprint density at radius 3 is 1.97 bits per heavy atom. The second-order valence-corrected chi connectivity index (χ2v) is 5.61. The van der Waals surface area contributed by atoms with Crippen LogP contribution in [0.25, 0.3) is 0 Å². The third kappa shape index (κ3) is 9.69. The topological polar surface area (TPSA) is 58.2 Å². The van der Waals surface area contributed by atoms with Crippen LogP contribution in [0.5, 0.6) is 0 Å². The highest BCUT2D eigenvalue weighted by atomic mass is 16.2. The van der Waals surface area contributed by atoms with Gasteiger partial charge in [0.25, 0.3) is 11.8 Å². The molecule has 0 aliphatic carbocycles. The smallest absolute Gasteiger partial charge is 0.251 e. The molecule has 0 saturated heterocycles. The predicted octanol–water partition coefficient (Wildman–Crippen LogP) is 6.08. The molecule has 0 atom stereocenters. The van der Waals surface area contributed by atoms with E-state index in [0.29, 0.717) is 24.2 Å². The Kier molecular flexibility index (Phi) is 14.7. The maximum Gasteiger partial charge on any atom is 0.251 e. The monoisotopic (exact) mass is 410 g/mol. The van der Waals surface area contributed by atoms with Gasteiger partial charge in [-0.25, -0.2) is 0 Å². The molecule has 2 aromatic carbocycles.